The Morgan fingerprint density at radius 3 is 2.48 bits per heavy atom. The van der Waals surface area contributed by atoms with Crippen LogP contribution in [0.25, 0.3) is 0 Å². The van der Waals surface area contributed by atoms with Crippen LogP contribution in [-0.4, -0.2) is 12.5 Å². The van der Waals surface area contributed by atoms with Crippen LogP contribution in [0.1, 0.15) is 6.42 Å². The van der Waals surface area contributed by atoms with E-state index >= 15 is 0 Å². The van der Waals surface area contributed by atoms with Gasteiger partial charge in [0, 0.05) is 24.3 Å². The summed E-state index contributed by atoms with van der Waals surface area (Å²) in [5.74, 6) is -2.63. The summed E-state index contributed by atoms with van der Waals surface area (Å²) in [5.41, 5.74) is 0.750. The summed E-state index contributed by atoms with van der Waals surface area (Å²) < 4.78 is 38.6. The van der Waals surface area contributed by atoms with E-state index in [2.05, 4.69) is 10.6 Å². The zero-order valence-corrected chi connectivity index (χ0v) is 11.0. The van der Waals surface area contributed by atoms with E-state index in [0.29, 0.717) is 11.4 Å². The third kappa shape index (κ3) is 4.52. The molecule has 0 aliphatic rings. The first-order valence-corrected chi connectivity index (χ1v) is 6.29. The smallest absolute Gasteiger partial charge is 0.226 e. The first-order valence-electron chi connectivity index (χ1n) is 6.29. The van der Waals surface area contributed by atoms with Crippen molar-refractivity contribution in [3.05, 3.63) is 59.9 Å². The Hall–Kier alpha value is -2.50. The van der Waals surface area contributed by atoms with E-state index in [0.717, 1.165) is 12.1 Å². The van der Waals surface area contributed by atoms with Crippen molar-refractivity contribution in [2.24, 2.45) is 0 Å². The first kappa shape index (κ1) is 14.9. The fraction of sp³-hybridized carbons (Fsp3) is 0.133. The molecule has 0 heterocycles. The van der Waals surface area contributed by atoms with E-state index in [1.54, 1.807) is 6.07 Å². The van der Waals surface area contributed by atoms with Crippen LogP contribution in [-0.2, 0) is 4.79 Å². The van der Waals surface area contributed by atoms with Crippen molar-refractivity contribution < 1.29 is 18.0 Å². The molecule has 0 radical (unpaired) electrons. The van der Waals surface area contributed by atoms with Gasteiger partial charge >= 0.3 is 0 Å². The minimum Gasteiger partial charge on any atom is -0.384 e. The van der Waals surface area contributed by atoms with Crippen molar-refractivity contribution in [2.75, 3.05) is 17.2 Å². The summed E-state index contributed by atoms with van der Waals surface area (Å²) in [6.45, 7) is 0.242. The second-order valence-electron chi connectivity index (χ2n) is 4.36. The Balaban J connectivity index is 1.80. The molecule has 110 valence electrons. The average Bonchev–Trinajstić information content (AvgIpc) is 2.43. The van der Waals surface area contributed by atoms with Gasteiger partial charge in [0.1, 0.15) is 5.82 Å². The fourth-order valence-corrected chi connectivity index (χ4v) is 1.72. The predicted octanol–water partition coefficient (Wildman–Crippen LogP) is 3.54. The van der Waals surface area contributed by atoms with Crippen LogP contribution < -0.4 is 10.6 Å². The third-order valence-corrected chi connectivity index (χ3v) is 2.71. The molecule has 2 aromatic rings. The topological polar surface area (TPSA) is 41.1 Å². The van der Waals surface area contributed by atoms with E-state index in [-0.39, 0.29) is 18.9 Å². The van der Waals surface area contributed by atoms with Crippen LogP contribution in [0.4, 0.5) is 24.5 Å². The highest BCUT2D eigenvalue weighted by atomic mass is 19.2. The predicted molar refractivity (Wildman–Crippen MR) is 74.5 cm³/mol. The molecule has 0 fully saturated rings. The lowest BCUT2D eigenvalue weighted by molar-refractivity contribution is -0.115. The summed E-state index contributed by atoms with van der Waals surface area (Å²) in [4.78, 5) is 11.6. The lowest BCUT2D eigenvalue weighted by Gasteiger charge is -2.08. The van der Waals surface area contributed by atoms with E-state index in [9.17, 15) is 18.0 Å². The van der Waals surface area contributed by atoms with Gasteiger partial charge in [-0.25, -0.2) is 13.2 Å². The number of anilines is 2. The summed E-state index contributed by atoms with van der Waals surface area (Å²) >= 11 is 0. The molecule has 0 unspecified atom stereocenters. The molecule has 3 nitrogen and oxygen atoms in total. The minimum absolute atomic E-state index is 0.107. The normalized spacial score (nSPS) is 10.2. The Labute approximate surface area is 119 Å². The number of rotatable bonds is 5. The third-order valence-electron chi connectivity index (χ3n) is 2.71. The molecular weight excluding hydrogens is 281 g/mol. The van der Waals surface area contributed by atoms with Crippen molar-refractivity contribution >= 4 is 17.3 Å². The van der Waals surface area contributed by atoms with Crippen LogP contribution in [0.3, 0.4) is 0 Å². The zero-order chi connectivity index (χ0) is 15.2. The quantitative estimate of drug-likeness (QED) is 0.885. The molecule has 0 saturated heterocycles. The zero-order valence-electron chi connectivity index (χ0n) is 11.0. The van der Waals surface area contributed by atoms with Gasteiger partial charge in [-0.3, -0.25) is 4.79 Å². The van der Waals surface area contributed by atoms with Crippen LogP contribution in [0.2, 0.25) is 0 Å². The Kier molecular flexibility index (Phi) is 4.81. The molecule has 0 saturated carbocycles. The Morgan fingerprint density at radius 2 is 1.76 bits per heavy atom. The maximum absolute atomic E-state index is 13.0. The van der Waals surface area contributed by atoms with Crippen molar-refractivity contribution in [3.8, 4) is 0 Å². The maximum atomic E-state index is 13.0. The van der Waals surface area contributed by atoms with Crippen LogP contribution in [0.15, 0.2) is 42.5 Å². The van der Waals surface area contributed by atoms with Crippen molar-refractivity contribution in [3.63, 3.8) is 0 Å². The Bertz CT molecular complexity index is 647. The molecular formula is C15H13F3N2O. The summed E-state index contributed by atoms with van der Waals surface area (Å²) in [6, 6.07) is 8.95. The molecule has 2 rings (SSSR count). The minimum atomic E-state index is -0.954. The molecule has 2 N–H and O–H groups in total. The van der Waals surface area contributed by atoms with Crippen LogP contribution in [0.5, 0.6) is 0 Å². The van der Waals surface area contributed by atoms with E-state index in [1.807, 2.05) is 0 Å². The molecule has 0 aliphatic heterocycles. The highest BCUT2D eigenvalue weighted by molar-refractivity contribution is 5.90. The van der Waals surface area contributed by atoms with E-state index in [1.165, 1.54) is 24.3 Å². The van der Waals surface area contributed by atoms with Crippen molar-refractivity contribution in [1.82, 2.24) is 0 Å². The molecule has 6 heteroatoms. The molecule has 1 amide bonds. The largest absolute Gasteiger partial charge is 0.384 e. The molecule has 0 aromatic heterocycles. The number of amides is 1. The lowest BCUT2D eigenvalue weighted by Crippen LogP contribution is -2.16. The van der Waals surface area contributed by atoms with Gasteiger partial charge in [0.2, 0.25) is 5.91 Å². The highest BCUT2D eigenvalue weighted by Gasteiger charge is 2.05. The van der Waals surface area contributed by atoms with Crippen LogP contribution in [0, 0.1) is 17.5 Å². The van der Waals surface area contributed by atoms with Crippen molar-refractivity contribution in [2.45, 2.75) is 6.42 Å². The number of carbonyl (C=O) groups is 1. The van der Waals surface area contributed by atoms with Gasteiger partial charge < -0.3 is 10.6 Å². The lowest BCUT2D eigenvalue weighted by atomic mass is 10.2. The van der Waals surface area contributed by atoms with Gasteiger partial charge in [-0.05, 0) is 36.4 Å². The monoisotopic (exact) mass is 294 g/mol. The second-order valence-corrected chi connectivity index (χ2v) is 4.36. The van der Waals surface area contributed by atoms with E-state index in [4.69, 9.17) is 0 Å². The van der Waals surface area contributed by atoms with Crippen LogP contribution >= 0.6 is 0 Å². The summed E-state index contributed by atoms with van der Waals surface area (Å²) in [5, 5.41) is 5.34. The van der Waals surface area contributed by atoms with Gasteiger partial charge in [-0.1, -0.05) is 6.07 Å². The molecule has 0 aliphatic carbocycles. The van der Waals surface area contributed by atoms with Crippen molar-refractivity contribution in [1.29, 1.82) is 0 Å². The molecule has 0 atom stereocenters. The van der Waals surface area contributed by atoms with Gasteiger partial charge in [-0.2, -0.15) is 0 Å². The molecule has 2 aromatic carbocycles. The molecule has 0 spiro atoms. The second kappa shape index (κ2) is 6.78. The first-order chi connectivity index (χ1) is 10.0. The van der Waals surface area contributed by atoms with Gasteiger partial charge in [0.25, 0.3) is 0 Å². The number of carbonyl (C=O) groups excluding carboxylic acids is 1. The standard InChI is InChI=1S/C15H13F3N2O/c16-10-2-1-3-12(8-10)20-15(21)6-7-19-11-4-5-13(17)14(18)9-11/h1-5,8-9,19H,6-7H2,(H,20,21). The van der Waals surface area contributed by atoms with Gasteiger partial charge in [-0.15, -0.1) is 0 Å². The molecule has 21 heavy (non-hydrogen) atoms. The highest BCUT2D eigenvalue weighted by Crippen LogP contribution is 2.13. The number of nitrogens with one attached hydrogen (secondary N) is 2. The SMILES string of the molecule is O=C(CCNc1ccc(F)c(F)c1)Nc1cccc(F)c1. The number of hydrogen-bond acceptors (Lipinski definition) is 2. The molecule has 0 bridgehead atoms. The fourth-order valence-electron chi connectivity index (χ4n) is 1.72. The number of halogens is 3. The van der Waals surface area contributed by atoms with E-state index < -0.39 is 17.5 Å². The summed E-state index contributed by atoms with van der Waals surface area (Å²) in [7, 11) is 0. The Morgan fingerprint density at radius 1 is 0.952 bits per heavy atom. The summed E-state index contributed by atoms with van der Waals surface area (Å²) in [6.07, 6.45) is 0.107. The number of benzene rings is 2. The maximum Gasteiger partial charge on any atom is 0.226 e. The average molecular weight is 294 g/mol. The van der Waals surface area contributed by atoms with Gasteiger partial charge in [0.05, 0.1) is 0 Å². The van der Waals surface area contributed by atoms with Gasteiger partial charge in [0.15, 0.2) is 11.6 Å². The number of hydrogen-bond donors (Lipinski definition) is 2.